The van der Waals surface area contributed by atoms with Crippen LogP contribution in [0.4, 0.5) is 5.69 Å². The summed E-state index contributed by atoms with van der Waals surface area (Å²) in [6.07, 6.45) is -0.193. The van der Waals surface area contributed by atoms with Crippen LogP contribution in [0.5, 0.6) is 5.75 Å². The molecule has 0 fully saturated rings. The summed E-state index contributed by atoms with van der Waals surface area (Å²) >= 11 is 0. The standard InChI is InChI=1S/C16H17NO3/c1-11(12-7-4-3-5-8-12)20-14-10-6-9-13(17)15(14)16(18)19-2/h3-11H,17H2,1-2H3. The molecule has 0 aliphatic carbocycles. The second-order valence-corrected chi connectivity index (χ2v) is 4.38. The Kier molecular flexibility index (Phi) is 4.25. The maximum atomic E-state index is 11.8. The van der Waals surface area contributed by atoms with E-state index in [0.717, 1.165) is 5.56 Å². The van der Waals surface area contributed by atoms with Crippen molar-refractivity contribution in [1.82, 2.24) is 0 Å². The number of benzene rings is 2. The lowest BCUT2D eigenvalue weighted by Crippen LogP contribution is -2.11. The van der Waals surface area contributed by atoms with Gasteiger partial charge in [-0.3, -0.25) is 0 Å². The molecule has 0 spiro atoms. The molecule has 104 valence electrons. The molecule has 0 aromatic heterocycles. The highest BCUT2D eigenvalue weighted by Gasteiger charge is 2.18. The smallest absolute Gasteiger partial charge is 0.343 e. The molecule has 0 aliphatic heterocycles. The van der Waals surface area contributed by atoms with E-state index in [9.17, 15) is 4.79 Å². The van der Waals surface area contributed by atoms with E-state index in [-0.39, 0.29) is 11.7 Å². The Morgan fingerprint density at radius 1 is 1.10 bits per heavy atom. The van der Waals surface area contributed by atoms with Crippen molar-refractivity contribution in [3.63, 3.8) is 0 Å². The summed E-state index contributed by atoms with van der Waals surface area (Å²) in [6, 6.07) is 14.9. The molecule has 1 atom stereocenters. The lowest BCUT2D eigenvalue weighted by Gasteiger charge is -2.18. The average molecular weight is 271 g/mol. The van der Waals surface area contributed by atoms with Gasteiger partial charge in [0.1, 0.15) is 17.4 Å². The van der Waals surface area contributed by atoms with Crippen LogP contribution >= 0.6 is 0 Å². The Hall–Kier alpha value is -2.49. The Bertz CT molecular complexity index is 596. The van der Waals surface area contributed by atoms with E-state index in [1.54, 1.807) is 18.2 Å². The van der Waals surface area contributed by atoms with Gasteiger partial charge in [0.15, 0.2) is 0 Å². The van der Waals surface area contributed by atoms with Crippen LogP contribution in [0.3, 0.4) is 0 Å². The number of carbonyl (C=O) groups excluding carboxylic acids is 1. The summed E-state index contributed by atoms with van der Waals surface area (Å²) in [6.45, 7) is 1.92. The molecular formula is C16H17NO3. The molecule has 0 aliphatic rings. The van der Waals surface area contributed by atoms with Gasteiger partial charge in [0.05, 0.1) is 7.11 Å². The van der Waals surface area contributed by atoms with E-state index in [0.29, 0.717) is 11.4 Å². The van der Waals surface area contributed by atoms with Crippen molar-refractivity contribution in [2.75, 3.05) is 12.8 Å². The zero-order valence-corrected chi connectivity index (χ0v) is 11.5. The van der Waals surface area contributed by atoms with Gasteiger partial charge in [-0.1, -0.05) is 36.4 Å². The molecular weight excluding hydrogens is 254 g/mol. The zero-order chi connectivity index (χ0) is 14.5. The molecule has 4 nitrogen and oxygen atoms in total. The third kappa shape index (κ3) is 2.91. The topological polar surface area (TPSA) is 61.5 Å². The highest BCUT2D eigenvalue weighted by molar-refractivity contribution is 5.98. The largest absolute Gasteiger partial charge is 0.485 e. The molecule has 2 N–H and O–H groups in total. The number of hydrogen-bond acceptors (Lipinski definition) is 4. The number of hydrogen-bond donors (Lipinski definition) is 1. The van der Waals surface area contributed by atoms with Gasteiger partial charge in [-0.2, -0.15) is 0 Å². The van der Waals surface area contributed by atoms with Crippen molar-refractivity contribution in [3.8, 4) is 5.75 Å². The first kappa shape index (κ1) is 13.9. The van der Waals surface area contributed by atoms with Crippen molar-refractivity contribution in [2.45, 2.75) is 13.0 Å². The average Bonchev–Trinajstić information content (AvgIpc) is 2.47. The Morgan fingerprint density at radius 3 is 2.45 bits per heavy atom. The molecule has 4 heteroatoms. The van der Waals surface area contributed by atoms with Gasteiger partial charge in [-0.15, -0.1) is 0 Å². The number of ether oxygens (including phenoxy) is 2. The molecule has 0 saturated carbocycles. The molecule has 1 unspecified atom stereocenters. The lowest BCUT2D eigenvalue weighted by atomic mass is 10.1. The van der Waals surface area contributed by atoms with E-state index < -0.39 is 5.97 Å². The molecule has 20 heavy (non-hydrogen) atoms. The second kappa shape index (κ2) is 6.10. The first-order chi connectivity index (χ1) is 9.63. The number of methoxy groups -OCH3 is 1. The molecule has 0 heterocycles. The van der Waals surface area contributed by atoms with Crippen LogP contribution in [0.25, 0.3) is 0 Å². The number of carbonyl (C=O) groups is 1. The summed E-state index contributed by atoms with van der Waals surface area (Å²) in [5.41, 5.74) is 7.45. The molecule has 0 saturated heterocycles. The van der Waals surface area contributed by atoms with Gasteiger partial charge in [0.2, 0.25) is 0 Å². The summed E-state index contributed by atoms with van der Waals surface area (Å²) in [7, 11) is 1.32. The third-order valence-electron chi connectivity index (χ3n) is 3.02. The maximum Gasteiger partial charge on any atom is 0.343 e. The maximum absolute atomic E-state index is 11.8. The summed E-state index contributed by atoms with van der Waals surface area (Å²) in [4.78, 5) is 11.8. The highest BCUT2D eigenvalue weighted by Crippen LogP contribution is 2.29. The minimum Gasteiger partial charge on any atom is -0.485 e. The van der Waals surface area contributed by atoms with Crippen LogP contribution in [0.1, 0.15) is 28.9 Å². The quantitative estimate of drug-likeness (QED) is 0.685. The normalized spacial score (nSPS) is 11.7. The fraction of sp³-hybridized carbons (Fsp3) is 0.188. The minimum absolute atomic E-state index is 0.193. The van der Waals surface area contributed by atoms with E-state index >= 15 is 0 Å². The molecule has 2 aromatic rings. The van der Waals surface area contributed by atoms with Gasteiger partial charge in [0.25, 0.3) is 0 Å². The first-order valence-corrected chi connectivity index (χ1v) is 6.32. The van der Waals surface area contributed by atoms with Gasteiger partial charge < -0.3 is 15.2 Å². The van der Waals surface area contributed by atoms with Crippen LogP contribution in [0.2, 0.25) is 0 Å². The van der Waals surface area contributed by atoms with Crippen LogP contribution in [-0.4, -0.2) is 13.1 Å². The Morgan fingerprint density at radius 2 is 1.80 bits per heavy atom. The van der Waals surface area contributed by atoms with Gasteiger partial charge >= 0.3 is 5.97 Å². The number of nitrogens with two attached hydrogens (primary N) is 1. The molecule has 2 aromatic carbocycles. The van der Waals surface area contributed by atoms with Gasteiger partial charge in [-0.05, 0) is 24.6 Å². The van der Waals surface area contributed by atoms with Crippen LogP contribution in [-0.2, 0) is 4.74 Å². The van der Waals surface area contributed by atoms with E-state index in [1.807, 2.05) is 37.3 Å². The van der Waals surface area contributed by atoms with Crippen molar-refractivity contribution < 1.29 is 14.3 Å². The number of nitrogen functional groups attached to an aromatic ring is 1. The summed E-state index contributed by atoms with van der Waals surface area (Å²) in [5.74, 6) is -0.0773. The number of anilines is 1. The number of rotatable bonds is 4. The lowest BCUT2D eigenvalue weighted by molar-refractivity contribution is 0.0595. The summed E-state index contributed by atoms with van der Waals surface area (Å²) < 4.78 is 10.6. The molecule has 2 rings (SSSR count). The summed E-state index contributed by atoms with van der Waals surface area (Å²) in [5, 5.41) is 0. The fourth-order valence-electron chi connectivity index (χ4n) is 1.95. The SMILES string of the molecule is COC(=O)c1c(N)cccc1OC(C)c1ccccc1. The van der Waals surface area contributed by atoms with E-state index in [2.05, 4.69) is 0 Å². The molecule has 0 bridgehead atoms. The van der Waals surface area contributed by atoms with E-state index in [1.165, 1.54) is 7.11 Å². The zero-order valence-electron chi connectivity index (χ0n) is 11.5. The predicted octanol–water partition coefficient (Wildman–Crippen LogP) is 3.20. The predicted molar refractivity (Wildman–Crippen MR) is 77.7 cm³/mol. The first-order valence-electron chi connectivity index (χ1n) is 6.32. The number of esters is 1. The van der Waals surface area contributed by atoms with Crippen molar-refractivity contribution in [2.24, 2.45) is 0 Å². The molecule has 0 radical (unpaired) electrons. The van der Waals surface area contributed by atoms with Crippen molar-refractivity contribution >= 4 is 11.7 Å². The van der Waals surface area contributed by atoms with Crippen LogP contribution in [0.15, 0.2) is 48.5 Å². The van der Waals surface area contributed by atoms with Gasteiger partial charge in [-0.25, -0.2) is 4.79 Å². The van der Waals surface area contributed by atoms with E-state index in [4.69, 9.17) is 15.2 Å². The second-order valence-electron chi connectivity index (χ2n) is 4.38. The Labute approximate surface area is 118 Å². The van der Waals surface area contributed by atoms with Crippen molar-refractivity contribution in [3.05, 3.63) is 59.7 Å². The fourth-order valence-corrected chi connectivity index (χ4v) is 1.95. The van der Waals surface area contributed by atoms with Crippen LogP contribution in [0, 0.1) is 0 Å². The monoisotopic (exact) mass is 271 g/mol. The molecule has 0 amide bonds. The Balaban J connectivity index is 2.30. The van der Waals surface area contributed by atoms with Crippen LogP contribution < -0.4 is 10.5 Å². The third-order valence-corrected chi connectivity index (χ3v) is 3.02. The van der Waals surface area contributed by atoms with Gasteiger partial charge in [0, 0.05) is 5.69 Å². The highest BCUT2D eigenvalue weighted by atomic mass is 16.5. The minimum atomic E-state index is -0.502. The van der Waals surface area contributed by atoms with Crippen molar-refractivity contribution in [1.29, 1.82) is 0 Å².